The molecular weight excluding hydrogens is 281 g/mol. The van der Waals surface area contributed by atoms with Crippen LogP contribution in [0.2, 0.25) is 5.02 Å². The topological polar surface area (TPSA) is 31.2 Å². The van der Waals surface area contributed by atoms with Crippen LogP contribution in [0.1, 0.15) is 28.5 Å². The molecule has 0 fully saturated rings. The molecule has 2 aromatic rings. The van der Waals surface area contributed by atoms with Crippen LogP contribution in [0.5, 0.6) is 0 Å². The van der Waals surface area contributed by atoms with Gasteiger partial charge in [-0.15, -0.1) is 0 Å². The highest BCUT2D eigenvalue weighted by atomic mass is 35.5. The van der Waals surface area contributed by atoms with Crippen molar-refractivity contribution in [3.63, 3.8) is 0 Å². The normalized spacial score (nSPS) is 10.6. The minimum atomic E-state index is -0.463. The van der Waals surface area contributed by atoms with Gasteiger partial charge in [0.15, 0.2) is 0 Å². The van der Waals surface area contributed by atoms with Crippen LogP contribution in [0.15, 0.2) is 30.5 Å². The van der Waals surface area contributed by atoms with Crippen LogP contribution >= 0.6 is 11.6 Å². The maximum atomic E-state index is 13.9. The van der Waals surface area contributed by atoms with Crippen molar-refractivity contribution in [1.82, 2.24) is 4.57 Å². The average Bonchev–Trinajstić information content (AvgIpc) is 2.76. The van der Waals surface area contributed by atoms with Gasteiger partial charge >= 0.3 is 5.97 Å². The largest absolute Gasteiger partial charge is 0.461 e. The molecule has 0 aliphatic carbocycles. The molecule has 0 amide bonds. The summed E-state index contributed by atoms with van der Waals surface area (Å²) in [6, 6.07) is 6.62. The maximum absolute atomic E-state index is 13.9. The van der Waals surface area contributed by atoms with E-state index in [1.807, 2.05) is 6.92 Å². The lowest BCUT2D eigenvalue weighted by Crippen LogP contribution is -2.14. The predicted octanol–water partition coefficient (Wildman–Crippen LogP) is 3.81. The van der Waals surface area contributed by atoms with Crippen molar-refractivity contribution in [2.75, 3.05) is 6.61 Å². The molecule has 0 N–H and O–H groups in total. The Labute approximate surface area is 121 Å². The van der Waals surface area contributed by atoms with E-state index >= 15 is 0 Å². The number of aryl methyl sites for hydroxylation is 1. The molecule has 2 rings (SSSR count). The highest BCUT2D eigenvalue weighted by Crippen LogP contribution is 2.20. The van der Waals surface area contributed by atoms with Crippen LogP contribution < -0.4 is 0 Å². The summed E-state index contributed by atoms with van der Waals surface area (Å²) in [5.74, 6) is -0.868. The molecule has 106 valence electrons. The van der Waals surface area contributed by atoms with E-state index in [0.717, 1.165) is 5.56 Å². The Morgan fingerprint density at radius 3 is 2.85 bits per heavy atom. The fraction of sp³-hybridized carbons (Fsp3) is 0.267. The smallest absolute Gasteiger partial charge is 0.355 e. The highest BCUT2D eigenvalue weighted by Gasteiger charge is 2.17. The van der Waals surface area contributed by atoms with Crippen LogP contribution in [0.4, 0.5) is 4.39 Å². The van der Waals surface area contributed by atoms with Gasteiger partial charge in [0.25, 0.3) is 0 Å². The van der Waals surface area contributed by atoms with Crippen LogP contribution in [0, 0.1) is 12.7 Å². The predicted molar refractivity (Wildman–Crippen MR) is 75.6 cm³/mol. The number of nitrogens with zero attached hydrogens (tertiary/aromatic N) is 1. The molecule has 5 heteroatoms. The van der Waals surface area contributed by atoms with Gasteiger partial charge in [-0.2, -0.15) is 0 Å². The first-order valence-electron chi connectivity index (χ1n) is 6.30. The number of carbonyl (C=O) groups excluding carboxylic acids is 1. The van der Waals surface area contributed by atoms with E-state index in [2.05, 4.69) is 0 Å². The van der Waals surface area contributed by atoms with Gasteiger partial charge in [-0.05, 0) is 31.5 Å². The molecule has 1 aromatic carbocycles. The minimum absolute atomic E-state index is 0.0732. The van der Waals surface area contributed by atoms with Gasteiger partial charge in [0.05, 0.1) is 18.2 Å². The Bertz CT molecular complexity index is 637. The summed E-state index contributed by atoms with van der Waals surface area (Å²) in [4.78, 5) is 11.9. The summed E-state index contributed by atoms with van der Waals surface area (Å²) < 4.78 is 20.6. The molecule has 0 aliphatic heterocycles. The molecule has 1 aromatic heterocycles. The van der Waals surface area contributed by atoms with Gasteiger partial charge in [0.1, 0.15) is 11.5 Å². The Morgan fingerprint density at radius 1 is 1.40 bits per heavy atom. The summed E-state index contributed by atoms with van der Waals surface area (Å²) in [7, 11) is 0. The van der Waals surface area contributed by atoms with Gasteiger partial charge in [-0.3, -0.25) is 0 Å². The molecule has 0 saturated carbocycles. The zero-order valence-electron chi connectivity index (χ0n) is 11.3. The molecule has 1 heterocycles. The second-order valence-electron chi connectivity index (χ2n) is 4.41. The Hall–Kier alpha value is -1.81. The summed E-state index contributed by atoms with van der Waals surface area (Å²) in [6.45, 7) is 4.09. The van der Waals surface area contributed by atoms with Gasteiger partial charge < -0.3 is 9.30 Å². The molecular formula is C15H15ClFNO2. The average molecular weight is 296 g/mol. The Balaban J connectivity index is 2.35. The van der Waals surface area contributed by atoms with Gasteiger partial charge in [-0.1, -0.05) is 23.7 Å². The summed E-state index contributed by atoms with van der Waals surface area (Å²) >= 11 is 5.76. The molecule has 0 radical (unpaired) electrons. The van der Waals surface area contributed by atoms with Crippen molar-refractivity contribution in [3.8, 4) is 0 Å². The summed E-state index contributed by atoms with van der Waals surface area (Å²) in [5.41, 5.74) is 1.66. The molecule has 20 heavy (non-hydrogen) atoms. The van der Waals surface area contributed by atoms with E-state index in [1.54, 1.807) is 35.9 Å². The lowest BCUT2D eigenvalue weighted by molar-refractivity contribution is 0.0513. The number of esters is 1. The summed E-state index contributed by atoms with van der Waals surface area (Å²) in [6.07, 6.45) is 1.74. The van der Waals surface area contributed by atoms with E-state index in [4.69, 9.17) is 16.3 Å². The fourth-order valence-electron chi connectivity index (χ4n) is 2.05. The second kappa shape index (κ2) is 6.09. The molecule has 3 nitrogen and oxygen atoms in total. The van der Waals surface area contributed by atoms with Crippen molar-refractivity contribution >= 4 is 17.6 Å². The van der Waals surface area contributed by atoms with Gasteiger partial charge in [0.2, 0.25) is 0 Å². The van der Waals surface area contributed by atoms with Gasteiger partial charge in [0, 0.05) is 11.8 Å². The number of benzene rings is 1. The van der Waals surface area contributed by atoms with Crippen LogP contribution in [0.25, 0.3) is 0 Å². The molecule has 0 atom stereocenters. The zero-order valence-corrected chi connectivity index (χ0v) is 12.1. The fourth-order valence-corrected chi connectivity index (χ4v) is 2.24. The maximum Gasteiger partial charge on any atom is 0.355 e. The first-order chi connectivity index (χ1) is 9.54. The van der Waals surface area contributed by atoms with Crippen LogP contribution in [-0.4, -0.2) is 17.1 Å². The third kappa shape index (κ3) is 2.85. The van der Waals surface area contributed by atoms with Crippen molar-refractivity contribution < 1.29 is 13.9 Å². The number of carbonyl (C=O) groups is 1. The third-order valence-electron chi connectivity index (χ3n) is 3.01. The number of halogens is 2. The SMILES string of the molecule is CCOC(=O)c1c(C)ccn1Cc1cccc(Cl)c1F. The molecule has 0 bridgehead atoms. The first-order valence-corrected chi connectivity index (χ1v) is 6.68. The van der Waals surface area contributed by atoms with E-state index in [1.165, 1.54) is 6.07 Å². The number of aromatic nitrogens is 1. The third-order valence-corrected chi connectivity index (χ3v) is 3.30. The minimum Gasteiger partial charge on any atom is -0.461 e. The number of hydrogen-bond acceptors (Lipinski definition) is 2. The quantitative estimate of drug-likeness (QED) is 0.803. The summed E-state index contributed by atoms with van der Waals surface area (Å²) in [5, 5.41) is 0.0732. The second-order valence-corrected chi connectivity index (χ2v) is 4.82. The van der Waals surface area contributed by atoms with E-state index < -0.39 is 11.8 Å². The van der Waals surface area contributed by atoms with Crippen molar-refractivity contribution in [2.24, 2.45) is 0 Å². The monoisotopic (exact) mass is 295 g/mol. The highest BCUT2D eigenvalue weighted by molar-refractivity contribution is 6.30. The molecule has 0 spiro atoms. The zero-order chi connectivity index (χ0) is 14.7. The van der Waals surface area contributed by atoms with Crippen LogP contribution in [-0.2, 0) is 11.3 Å². The lowest BCUT2D eigenvalue weighted by Gasteiger charge is -2.11. The Morgan fingerprint density at radius 2 is 2.15 bits per heavy atom. The lowest BCUT2D eigenvalue weighted by atomic mass is 10.2. The molecule has 0 aliphatic rings. The van der Waals surface area contributed by atoms with E-state index in [-0.39, 0.29) is 11.6 Å². The van der Waals surface area contributed by atoms with E-state index in [9.17, 15) is 9.18 Å². The Kier molecular flexibility index (Phi) is 4.45. The number of hydrogen-bond donors (Lipinski definition) is 0. The van der Waals surface area contributed by atoms with Crippen molar-refractivity contribution in [3.05, 3.63) is 58.1 Å². The van der Waals surface area contributed by atoms with E-state index in [0.29, 0.717) is 17.9 Å². The standard InChI is InChI=1S/C15H15ClFNO2/c1-3-20-15(19)14-10(2)7-8-18(14)9-11-5-4-6-12(16)13(11)17/h4-8H,3,9H2,1-2H3. The van der Waals surface area contributed by atoms with Gasteiger partial charge in [-0.25, -0.2) is 9.18 Å². The molecule has 0 unspecified atom stereocenters. The number of rotatable bonds is 4. The van der Waals surface area contributed by atoms with Crippen LogP contribution in [0.3, 0.4) is 0 Å². The van der Waals surface area contributed by atoms with Crippen molar-refractivity contribution in [1.29, 1.82) is 0 Å². The first kappa shape index (κ1) is 14.6. The van der Waals surface area contributed by atoms with Crippen molar-refractivity contribution in [2.45, 2.75) is 20.4 Å². The number of ether oxygens (including phenoxy) is 1. The molecule has 0 saturated heterocycles.